The molecule has 1 fully saturated rings. The van der Waals surface area contributed by atoms with Gasteiger partial charge in [-0.05, 0) is 80.3 Å². The average molecular weight is 539 g/mol. The Morgan fingerprint density at radius 3 is 2.49 bits per heavy atom. The number of halogens is 1. The van der Waals surface area contributed by atoms with Crippen molar-refractivity contribution in [2.45, 2.75) is 64.1 Å². The fourth-order valence-electron chi connectivity index (χ4n) is 4.82. The molecule has 1 heterocycles. The van der Waals surface area contributed by atoms with Gasteiger partial charge in [0.05, 0.1) is 6.04 Å². The van der Waals surface area contributed by atoms with E-state index >= 15 is 0 Å². The van der Waals surface area contributed by atoms with Crippen molar-refractivity contribution >= 4 is 17.7 Å². The number of benzene rings is 2. The fourth-order valence-corrected chi connectivity index (χ4v) is 4.82. The quantitative estimate of drug-likeness (QED) is 0.558. The molecule has 0 bridgehead atoms. The van der Waals surface area contributed by atoms with Crippen LogP contribution in [0.25, 0.3) is 0 Å². The molecular weight excluding hydrogens is 499 g/mol. The summed E-state index contributed by atoms with van der Waals surface area (Å²) in [5, 5.41) is 9.13. The molecule has 1 saturated carbocycles. The molecule has 0 radical (unpaired) electrons. The van der Waals surface area contributed by atoms with Gasteiger partial charge in [0, 0.05) is 26.6 Å². The minimum Gasteiger partial charge on any atom is -0.492 e. The van der Waals surface area contributed by atoms with Crippen molar-refractivity contribution in [2.24, 2.45) is 5.92 Å². The van der Waals surface area contributed by atoms with E-state index < -0.39 is 24.0 Å². The summed E-state index contributed by atoms with van der Waals surface area (Å²) in [7, 11) is 1.62. The Bertz CT molecular complexity index is 1170. The van der Waals surface area contributed by atoms with Crippen molar-refractivity contribution in [2.75, 3.05) is 26.7 Å². The lowest BCUT2D eigenvalue weighted by molar-refractivity contribution is -0.141. The number of nitrogens with zero attached hydrogens (tertiary/aromatic N) is 1. The maximum atomic E-state index is 13.4. The van der Waals surface area contributed by atoms with Gasteiger partial charge in [0.2, 0.25) is 17.7 Å². The van der Waals surface area contributed by atoms with E-state index in [1.54, 1.807) is 26.1 Å². The van der Waals surface area contributed by atoms with E-state index in [0.717, 1.165) is 35.3 Å². The minimum absolute atomic E-state index is 0.156. The molecular formula is C30H39FN4O4. The molecule has 8 nitrogen and oxygen atoms in total. The normalized spacial score (nSPS) is 24.1. The van der Waals surface area contributed by atoms with Crippen LogP contribution >= 0.6 is 0 Å². The highest BCUT2D eigenvalue weighted by molar-refractivity contribution is 5.93. The lowest BCUT2D eigenvalue weighted by Gasteiger charge is -2.30. The van der Waals surface area contributed by atoms with Gasteiger partial charge < -0.3 is 25.6 Å². The zero-order chi connectivity index (χ0) is 27.9. The SMILES string of the molecule is Cc1ccc2c(c1)OCCN[C@@H](C1CC1)C(=O)N(C)[C@H](C)C(=O)N[C@H](Cc1ccc(F)cc1)C(=O)NCCC2. The van der Waals surface area contributed by atoms with Crippen LogP contribution in [0.1, 0.15) is 42.9 Å². The van der Waals surface area contributed by atoms with Gasteiger partial charge in [-0.3, -0.25) is 14.4 Å². The zero-order valence-electron chi connectivity index (χ0n) is 23.0. The molecule has 2 aromatic rings. The summed E-state index contributed by atoms with van der Waals surface area (Å²) in [6, 6.07) is 9.91. The van der Waals surface area contributed by atoms with Crippen LogP contribution in [0.5, 0.6) is 5.75 Å². The highest BCUT2D eigenvalue weighted by atomic mass is 19.1. The first kappa shape index (κ1) is 28.5. The van der Waals surface area contributed by atoms with E-state index in [1.165, 1.54) is 17.0 Å². The molecule has 1 aliphatic heterocycles. The number of likely N-dealkylation sites (N-methyl/N-ethyl adjacent to an activating group) is 1. The topological polar surface area (TPSA) is 99.8 Å². The van der Waals surface area contributed by atoms with Crippen molar-refractivity contribution in [3.05, 3.63) is 65.0 Å². The Kier molecular flexibility index (Phi) is 9.56. The highest BCUT2D eigenvalue weighted by Crippen LogP contribution is 2.33. The monoisotopic (exact) mass is 538 g/mol. The summed E-state index contributed by atoms with van der Waals surface area (Å²) >= 11 is 0. The van der Waals surface area contributed by atoms with Crippen molar-refractivity contribution in [3.8, 4) is 5.75 Å². The van der Waals surface area contributed by atoms with Crippen LogP contribution < -0.4 is 20.7 Å². The number of carbonyl (C=O) groups excluding carboxylic acids is 3. The molecule has 0 spiro atoms. The number of rotatable bonds is 3. The van der Waals surface area contributed by atoms with E-state index in [1.807, 2.05) is 25.1 Å². The van der Waals surface area contributed by atoms with Crippen LogP contribution in [0.2, 0.25) is 0 Å². The van der Waals surface area contributed by atoms with Crippen molar-refractivity contribution in [3.63, 3.8) is 0 Å². The number of fused-ring (bicyclic) bond motifs is 1. The predicted molar refractivity (Wildman–Crippen MR) is 147 cm³/mol. The van der Waals surface area contributed by atoms with Crippen molar-refractivity contribution in [1.29, 1.82) is 0 Å². The summed E-state index contributed by atoms with van der Waals surface area (Å²) in [5.41, 5.74) is 2.87. The second kappa shape index (κ2) is 13.1. The number of hydrogen-bond donors (Lipinski definition) is 3. The third kappa shape index (κ3) is 7.79. The number of hydrogen-bond acceptors (Lipinski definition) is 5. The third-order valence-electron chi connectivity index (χ3n) is 7.52. The van der Waals surface area contributed by atoms with E-state index in [2.05, 4.69) is 16.0 Å². The molecule has 0 unspecified atom stereocenters. The van der Waals surface area contributed by atoms with Crippen molar-refractivity contribution < 1.29 is 23.5 Å². The lowest BCUT2D eigenvalue weighted by atomic mass is 10.0. The summed E-state index contributed by atoms with van der Waals surface area (Å²) in [6.07, 6.45) is 3.52. The molecule has 3 amide bonds. The van der Waals surface area contributed by atoms with Crippen LogP contribution in [0.4, 0.5) is 4.39 Å². The highest BCUT2D eigenvalue weighted by Gasteiger charge is 2.39. The molecule has 39 heavy (non-hydrogen) atoms. The summed E-state index contributed by atoms with van der Waals surface area (Å²) in [5.74, 6) is -0.233. The van der Waals surface area contributed by atoms with Gasteiger partial charge in [-0.15, -0.1) is 0 Å². The number of ether oxygens (including phenoxy) is 1. The van der Waals surface area contributed by atoms with E-state index in [4.69, 9.17) is 4.74 Å². The molecule has 2 aliphatic rings. The average Bonchev–Trinajstić information content (AvgIpc) is 3.76. The summed E-state index contributed by atoms with van der Waals surface area (Å²) < 4.78 is 19.6. The maximum absolute atomic E-state index is 13.4. The predicted octanol–water partition coefficient (Wildman–Crippen LogP) is 2.52. The smallest absolute Gasteiger partial charge is 0.243 e. The standard InChI is InChI=1S/C30H39FN4O4/c1-19-6-9-22-5-4-14-33-29(37)25(18-21-7-12-24(31)13-8-21)34-28(36)20(2)35(3)30(38)27(23-10-11-23)32-15-16-39-26(22)17-19/h6-9,12-13,17,20,23,25,27,32H,4-5,10-11,14-16,18H2,1-3H3,(H,33,37)(H,34,36)/t20-,25-,27+/m1/s1. The van der Waals surface area contributed by atoms with Crippen molar-refractivity contribution in [1.82, 2.24) is 20.9 Å². The molecule has 3 N–H and O–H groups in total. The van der Waals surface area contributed by atoms with E-state index in [0.29, 0.717) is 32.5 Å². The first-order chi connectivity index (χ1) is 18.7. The molecule has 210 valence electrons. The number of amides is 3. The van der Waals surface area contributed by atoms with E-state index in [9.17, 15) is 18.8 Å². The van der Waals surface area contributed by atoms with Gasteiger partial charge in [-0.1, -0.05) is 24.3 Å². The molecule has 0 saturated heterocycles. The largest absolute Gasteiger partial charge is 0.492 e. The van der Waals surface area contributed by atoms with Gasteiger partial charge in [0.15, 0.2) is 0 Å². The zero-order valence-corrected chi connectivity index (χ0v) is 23.0. The Hall–Kier alpha value is -3.46. The van der Waals surface area contributed by atoms with Crippen LogP contribution in [0, 0.1) is 18.7 Å². The Balaban J connectivity index is 1.55. The number of carbonyl (C=O) groups is 3. The van der Waals surface area contributed by atoms with Crippen LogP contribution in [-0.4, -0.2) is 67.5 Å². The Labute approximate surface area is 229 Å². The Morgan fingerprint density at radius 1 is 1.03 bits per heavy atom. The van der Waals surface area contributed by atoms with Crippen LogP contribution in [0.3, 0.4) is 0 Å². The Morgan fingerprint density at radius 2 is 1.77 bits per heavy atom. The molecule has 2 aromatic carbocycles. The summed E-state index contributed by atoms with van der Waals surface area (Å²) in [6.45, 7) is 5.01. The molecule has 1 aliphatic carbocycles. The first-order valence-electron chi connectivity index (χ1n) is 13.8. The van der Waals surface area contributed by atoms with Gasteiger partial charge in [-0.25, -0.2) is 4.39 Å². The minimum atomic E-state index is -0.872. The second-order valence-electron chi connectivity index (χ2n) is 10.6. The van der Waals surface area contributed by atoms with Gasteiger partial charge in [0.25, 0.3) is 0 Å². The fraction of sp³-hybridized carbons (Fsp3) is 0.500. The first-order valence-corrected chi connectivity index (χ1v) is 13.8. The maximum Gasteiger partial charge on any atom is 0.243 e. The summed E-state index contributed by atoms with van der Waals surface area (Å²) in [4.78, 5) is 41.3. The van der Waals surface area contributed by atoms with Gasteiger partial charge in [0.1, 0.15) is 30.3 Å². The molecule has 4 rings (SSSR count). The molecule has 9 heteroatoms. The van der Waals surface area contributed by atoms with Crippen LogP contribution in [-0.2, 0) is 27.2 Å². The third-order valence-corrected chi connectivity index (χ3v) is 7.52. The molecule has 3 atom stereocenters. The number of nitrogens with one attached hydrogen (secondary N) is 3. The van der Waals surface area contributed by atoms with E-state index in [-0.39, 0.29) is 30.0 Å². The second-order valence-corrected chi connectivity index (χ2v) is 10.6. The van der Waals surface area contributed by atoms with Crippen LogP contribution in [0.15, 0.2) is 42.5 Å². The molecule has 0 aromatic heterocycles. The van der Waals surface area contributed by atoms with Gasteiger partial charge in [-0.2, -0.15) is 0 Å². The number of aryl methyl sites for hydroxylation is 2. The lowest BCUT2D eigenvalue weighted by Crippen LogP contribution is -2.56. The van der Waals surface area contributed by atoms with Gasteiger partial charge >= 0.3 is 0 Å².